The number of alkyl halides is 3. The van der Waals surface area contributed by atoms with Crippen LogP contribution in [0.3, 0.4) is 0 Å². The van der Waals surface area contributed by atoms with E-state index < -0.39 is 11.7 Å². The zero-order valence-corrected chi connectivity index (χ0v) is 23.0. The van der Waals surface area contributed by atoms with Gasteiger partial charge in [0.1, 0.15) is 6.17 Å². The van der Waals surface area contributed by atoms with Crippen LogP contribution >= 0.6 is 0 Å². The largest absolute Gasteiger partial charge is 0.416 e. The molecule has 220 valence electrons. The van der Waals surface area contributed by atoms with Gasteiger partial charge in [-0.1, -0.05) is 12.8 Å². The lowest BCUT2D eigenvalue weighted by molar-refractivity contribution is -0.137. The van der Waals surface area contributed by atoms with Crippen LogP contribution in [0.5, 0.6) is 0 Å². The predicted octanol–water partition coefficient (Wildman–Crippen LogP) is 5.71. The van der Waals surface area contributed by atoms with E-state index in [9.17, 15) is 18.0 Å². The molecule has 1 saturated heterocycles. The molecule has 3 aromatic rings. The Labute approximate surface area is 237 Å². The quantitative estimate of drug-likeness (QED) is 0.348. The van der Waals surface area contributed by atoms with Gasteiger partial charge >= 0.3 is 6.18 Å². The zero-order chi connectivity index (χ0) is 28.6. The predicted molar refractivity (Wildman–Crippen MR) is 150 cm³/mol. The van der Waals surface area contributed by atoms with E-state index in [-0.39, 0.29) is 29.7 Å². The fourth-order valence-corrected chi connectivity index (χ4v) is 6.43. The number of aromatic nitrogens is 4. The number of nitrogens with zero attached hydrogens (tertiary/aromatic N) is 5. The summed E-state index contributed by atoms with van der Waals surface area (Å²) < 4.78 is 41.4. The van der Waals surface area contributed by atoms with Crippen molar-refractivity contribution in [1.82, 2.24) is 24.4 Å². The first-order valence-electron chi connectivity index (χ1n) is 14.8. The molecule has 1 aliphatic heterocycles. The molecular formula is C29H37F3N8O. The van der Waals surface area contributed by atoms with Crippen LogP contribution in [-0.2, 0) is 6.18 Å². The minimum absolute atomic E-state index is 0.225. The van der Waals surface area contributed by atoms with E-state index in [1.165, 1.54) is 25.0 Å². The van der Waals surface area contributed by atoms with Crippen molar-refractivity contribution in [3.8, 4) is 0 Å². The van der Waals surface area contributed by atoms with Gasteiger partial charge in [-0.15, -0.1) is 0 Å². The molecule has 3 fully saturated rings. The molecule has 6 rings (SSSR count). The van der Waals surface area contributed by atoms with Crippen LogP contribution in [-0.4, -0.2) is 55.1 Å². The molecule has 1 atom stereocenters. The first-order valence-corrected chi connectivity index (χ1v) is 14.8. The second-order valence-corrected chi connectivity index (χ2v) is 11.6. The Kier molecular flexibility index (Phi) is 7.76. The maximum absolute atomic E-state index is 13.5. The molecule has 2 aliphatic carbocycles. The van der Waals surface area contributed by atoms with Gasteiger partial charge in [-0.3, -0.25) is 4.79 Å². The van der Waals surface area contributed by atoms with Gasteiger partial charge in [0.05, 0.1) is 11.9 Å². The number of nitrogens with one attached hydrogen (secondary N) is 2. The Morgan fingerprint density at radius 1 is 0.902 bits per heavy atom. The average molecular weight is 571 g/mol. The van der Waals surface area contributed by atoms with Crippen LogP contribution < -0.4 is 16.4 Å². The lowest BCUT2D eigenvalue weighted by Gasteiger charge is -2.36. The number of halogens is 3. The normalized spacial score (nSPS) is 24.1. The summed E-state index contributed by atoms with van der Waals surface area (Å²) in [5.74, 6) is 0.769. The van der Waals surface area contributed by atoms with Crippen molar-refractivity contribution in [2.75, 3.05) is 17.2 Å². The number of piperidine rings is 1. The Morgan fingerprint density at radius 2 is 1.61 bits per heavy atom. The maximum Gasteiger partial charge on any atom is 0.416 e. The summed E-state index contributed by atoms with van der Waals surface area (Å²) in [4.78, 5) is 29.7. The topological polar surface area (TPSA) is 114 Å². The molecule has 1 unspecified atom stereocenters. The molecule has 0 radical (unpaired) electrons. The highest BCUT2D eigenvalue weighted by Crippen LogP contribution is 2.34. The van der Waals surface area contributed by atoms with E-state index in [1.807, 2.05) is 6.33 Å². The van der Waals surface area contributed by atoms with Gasteiger partial charge < -0.3 is 25.8 Å². The van der Waals surface area contributed by atoms with Crippen LogP contribution in [0, 0.1) is 0 Å². The van der Waals surface area contributed by atoms with E-state index >= 15 is 0 Å². The summed E-state index contributed by atoms with van der Waals surface area (Å²) >= 11 is 0. The number of fused-ring (bicyclic) bond motifs is 1. The number of carbonyl (C=O) groups excluding carboxylic acids is 1. The second kappa shape index (κ2) is 11.5. The highest BCUT2D eigenvalue weighted by Gasteiger charge is 2.33. The van der Waals surface area contributed by atoms with Crippen molar-refractivity contribution in [3.05, 3.63) is 41.7 Å². The molecule has 1 aromatic carbocycles. The Morgan fingerprint density at radius 3 is 2.32 bits per heavy atom. The molecule has 12 heteroatoms. The first-order chi connectivity index (χ1) is 19.8. The fourth-order valence-electron chi connectivity index (χ4n) is 6.43. The Balaban J connectivity index is 1.29. The summed E-state index contributed by atoms with van der Waals surface area (Å²) in [5, 5.41) is 7.01. The van der Waals surface area contributed by atoms with Gasteiger partial charge in [0.15, 0.2) is 17.0 Å². The third-order valence-electron chi connectivity index (χ3n) is 8.77. The maximum atomic E-state index is 13.5. The van der Waals surface area contributed by atoms with Crippen molar-refractivity contribution in [1.29, 1.82) is 0 Å². The Bertz CT molecular complexity index is 1360. The number of hydrogen-bond acceptors (Lipinski definition) is 7. The summed E-state index contributed by atoms with van der Waals surface area (Å²) in [5.41, 5.74) is 6.98. The zero-order valence-electron chi connectivity index (χ0n) is 23.0. The summed E-state index contributed by atoms with van der Waals surface area (Å²) in [6.07, 6.45) is 7.75. The van der Waals surface area contributed by atoms with E-state index in [0.29, 0.717) is 36.3 Å². The summed E-state index contributed by atoms with van der Waals surface area (Å²) in [7, 11) is 0. The van der Waals surface area contributed by atoms with Crippen LogP contribution in [0.2, 0.25) is 0 Å². The molecular weight excluding hydrogens is 533 g/mol. The first kappa shape index (κ1) is 27.7. The lowest BCUT2D eigenvalue weighted by Crippen LogP contribution is -2.48. The third-order valence-corrected chi connectivity index (χ3v) is 8.77. The number of amides is 1. The van der Waals surface area contributed by atoms with Gasteiger partial charge in [0.25, 0.3) is 5.91 Å². The number of likely N-dealkylation sites (tertiary alicyclic amines) is 1. The van der Waals surface area contributed by atoms with E-state index in [4.69, 9.17) is 20.7 Å². The van der Waals surface area contributed by atoms with Crippen LogP contribution in [0.4, 0.5) is 24.9 Å². The fraction of sp³-hybridized carbons (Fsp3) is 0.586. The van der Waals surface area contributed by atoms with Gasteiger partial charge in [-0.2, -0.15) is 23.1 Å². The highest BCUT2D eigenvalue weighted by molar-refractivity contribution is 5.95. The summed E-state index contributed by atoms with van der Waals surface area (Å²) in [6, 6.07) is 5.23. The SMILES string of the molecule is NC1CCC(Nc2nc(NC3CCCCN3C(=O)c3ccc(C(F)(F)F)cc3)c3ncn(C4CCCC4)c3n2)CC1. The number of nitrogens with two attached hydrogens (primary N) is 1. The Hall–Kier alpha value is -3.41. The smallest absolute Gasteiger partial charge is 0.351 e. The molecule has 0 bridgehead atoms. The third kappa shape index (κ3) is 5.98. The standard InChI is InChI=1S/C29H37F3N8O/c30-29(31,32)19-10-8-18(9-11-19)27(41)39-16-4-3-7-23(39)36-25-24-26(40(17-34-24)22-5-1-2-6-22)38-28(37-25)35-21-14-12-20(33)13-15-21/h8-11,17,20-23H,1-7,12-16,33H2,(H2,35,36,37,38). The van der Waals surface area contributed by atoms with Crippen LogP contribution in [0.25, 0.3) is 11.2 Å². The molecule has 3 heterocycles. The number of hydrogen-bond donors (Lipinski definition) is 3. The second-order valence-electron chi connectivity index (χ2n) is 11.6. The number of carbonyl (C=O) groups is 1. The minimum atomic E-state index is -4.45. The molecule has 0 spiro atoms. The molecule has 41 heavy (non-hydrogen) atoms. The van der Waals surface area contributed by atoms with E-state index in [2.05, 4.69) is 15.2 Å². The number of imidazole rings is 1. The molecule has 2 saturated carbocycles. The van der Waals surface area contributed by atoms with Crippen molar-refractivity contribution in [2.45, 2.75) is 101 Å². The molecule has 3 aliphatic rings. The molecule has 4 N–H and O–H groups in total. The van der Waals surface area contributed by atoms with E-state index in [0.717, 1.165) is 69.1 Å². The molecule has 2 aromatic heterocycles. The number of benzene rings is 1. The molecule has 1 amide bonds. The number of rotatable bonds is 6. The van der Waals surface area contributed by atoms with Crippen molar-refractivity contribution in [2.24, 2.45) is 5.73 Å². The molecule has 9 nitrogen and oxygen atoms in total. The highest BCUT2D eigenvalue weighted by atomic mass is 19.4. The van der Waals surface area contributed by atoms with Crippen LogP contribution in [0.1, 0.15) is 92.6 Å². The van der Waals surface area contributed by atoms with Crippen molar-refractivity contribution in [3.63, 3.8) is 0 Å². The van der Waals surface area contributed by atoms with Crippen LogP contribution in [0.15, 0.2) is 30.6 Å². The number of anilines is 2. The van der Waals surface area contributed by atoms with Crippen molar-refractivity contribution < 1.29 is 18.0 Å². The average Bonchev–Trinajstić information content (AvgIpc) is 3.64. The summed E-state index contributed by atoms with van der Waals surface area (Å²) in [6.45, 7) is 0.496. The van der Waals surface area contributed by atoms with Crippen molar-refractivity contribution >= 4 is 28.8 Å². The van der Waals surface area contributed by atoms with Gasteiger partial charge in [-0.25, -0.2) is 4.98 Å². The monoisotopic (exact) mass is 570 g/mol. The lowest BCUT2D eigenvalue weighted by atomic mass is 9.92. The van der Waals surface area contributed by atoms with Gasteiger partial charge in [0.2, 0.25) is 5.95 Å². The minimum Gasteiger partial charge on any atom is -0.351 e. The van der Waals surface area contributed by atoms with Gasteiger partial charge in [0, 0.05) is 30.2 Å². The van der Waals surface area contributed by atoms with Gasteiger partial charge in [-0.05, 0) is 82.1 Å². The van der Waals surface area contributed by atoms with E-state index in [1.54, 1.807) is 4.90 Å².